The van der Waals surface area contributed by atoms with E-state index < -0.39 is 0 Å². The molecule has 1 aromatic carbocycles. The first-order valence-electron chi connectivity index (χ1n) is 7.53. The highest BCUT2D eigenvalue weighted by Crippen LogP contribution is 2.23. The maximum absolute atomic E-state index is 11.9. The van der Waals surface area contributed by atoms with E-state index in [1.807, 2.05) is 25.1 Å². The van der Waals surface area contributed by atoms with Crippen molar-refractivity contribution < 1.29 is 4.79 Å². The minimum Gasteiger partial charge on any atom is -0.353 e. The van der Waals surface area contributed by atoms with E-state index in [-0.39, 0.29) is 11.9 Å². The van der Waals surface area contributed by atoms with Crippen molar-refractivity contribution in [1.29, 1.82) is 0 Å². The molecule has 0 aliphatic rings. The molecule has 4 nitrogen and oxygen atoms in total. The van der Waals surface area contributed by atoms with E-state index in [1.54, 1.807) is 0 Å². The summed E-state index contributed by atoms with van der Waals surface area (Å²) in [5, 5.41) is 3.94. The van der Waals surface area contributed by atoms with Crippen molar-refractivity contribution >= 4 is 28.7 Å². The van der Waals surface area contributed by atoms with Gasteiger partial charge >= 0.3 is 0 Å². The average molecular weight is 305 g/mol. The average Bonchev–Trinajstić information content (AvgIpc) is 2.82. The second kappa shape index (κ2) is 7.50. The SMILES string of the molecule is CCC[C@H](C)NC(=O)CSc1nc2ccccc2n1CC. The van der Waals surface area contributed by atoms with Crippen molar-refractivity contribution in [2.24, 2.45) is 0 Å². The first-order chi connectivity index (χ1) is 10.2. The van der Waals surface area contributed by atoms with Crippen molar-refractivity contribution in [2.45, 2.75) is 51.4 Å². The Labute approximate surface area is 130 Å². The largest absolute Gasteiger partial charge is 0.353 e. The van der Waals surface area contributed by atoms with E-state index in [2.05, 4.69) is 34.8 Å². The minimum atomic E-state index is 0.0793. The zero-order chi connectivity index (χ0) is 15.2. The van der Waals surface area contributed by atoms with Crippen LogP contribution in [0.4, 0.5) is 0 Å². The van der Waals surface area contributed by atoms with Gasteiger partial charge in [0.2, 0.25) is 5.91 Å². The maximum Gasteiger partial charge on any atom is 0.230 e. The molecule has 0 fully saturated rings. The Kier molecular flexibility index (Phi) is 5.67. The number of imidazole rings is 1. The number of rotatable bonds is 7. The van der Waals surface area contributed by atoms with Gasteiger partial charge in [-0.1, -0.05) is 37.2 Å². The third-order valence-corrected chi connectivity index (χ3v) is 4.37. The van der Waals surface area contributed by atoms with Gasteiger partial charge in [0, 0.05) is 12.6 Å². The lowest BCUT2D eigenvalue weighted by atomic mass is 10.2. The molecule has 2 aromatic rings. The van der Waals surface area contributed by atoms with Crippen LogP contribution in [0.15, 0.2) is 29.4 Å². The van der Waals surface area contributed by atoms with Crippen LogP contribution in [-0.4, -0.2) is 27.3 Å². The summed E-state index contributed by atoms with van der Waals surface area (Å²) in [7, 11) is 0. The predicted molar refractivity (Wildman–Crippen MR) is 88.6 cm³/mol. The summed E-state index contributed by atoms with van der Waals surface area (Å²) in [5.41, 5.74) is 2.11. The molecule has 114 valence electrons. The third-order valence-electron chi connectivity index (χ3n) is 3.40. The van der Waals surface area contributed by atoms with Crippen LogP contribution in [-0.2, 0) is 11.3 Å². The van der Waals surface area contributed by atoms with Crippen LogP contribution in [0.2, 0.25) is 0 Å². The van der Waals surface area contributed by atoms with Crippen LogP contribution in [0, 0.1) is 0 Å². The summed E-state index contributed by atoms with van der Waals surface area (Å²) in [6.07, 6.45) is 2.10. The lowest BCUT2D eigenvalue weighted by Crippen LogP contribution is -2.33. The molecule has 5 heteroatoms. The van der Waals surface area contributed by atoms with Gasteiger partial charge in [0.05, 0.1) is 16.8 Å². The lowest BCUT2D eigenvalue weighted by molar-refractivity contribution is -0.119. The Morgan fingerprint density at radius 1 is 1.38 bits per heavy atom. The summed E-state index contributed by atoms with van der Waals surface area (Å²) in [5.74, 6) is 0.493. The van der Waals surface area contributed by atoms with Gasteiger partial charge in [-0.3, -0.25) is 4.79 Å². The number of hydrogen-bond donors (Lipinski definition) is 1. The van der Waals surface area contributed by atoms with Crippen LogP contribution in [0.1, 0.15) is 33.6 Å². The van der Waals surface area contributed by atoms with Gasteiger partial charge in [-0.05, 0) is 32.4 Å². The third kappa shape index (κ3) is 4.00. The lowest BCUT2D eigenvalue weighted by Gasteiger charge is -2.12. The van der Waals surface area contributed by atoms with Gasteiger partial charge in [0.25, 0.3) is 0 Å². The molecule has 0 radical (unpaired) electrons. The zero-order valence-corrected chi connectivity index (χ0v) is 13.7. The second-order valence-corrected chi connectivity index (χ2v) is 6.12. The van der Waals surface area contributed by atoms with Crippen LogP contribution in [0.3, 0.4) is 0 Å². The summed E-state index contributed by atoms with van der Waals surface area (Å²) in [6, 6.07) is 8.33. The fraction of sp³-hybridized carbons (Fsp3) is 0.500. The number of nitrogens with zero attached hydrogens (tertiary/aromatic N) is 2. The Morgan fingerprint density at radius 3 is 2.86 bits per heavy atom. The van der Waals surface area contributed by atoms with Gasteiger partial charge in [0.15, 0.2) is 5.16 Å². The fourth-order valence-corrected chi connectivity index (χ4v) is 3.31. The molecule has 1 heterocycles. The predicted octanol–water partition coefficient (Wildman–Crippen LogP) is 3.45. The number of benzene rings is 1. The molecule has 21 heavy (non-hydrogen) atoms. The molecule has 0 saturated carbocycles. The van der Waals surface area contributed by atoms with E-state index >= 15 is 0 Å². The molecule has 0 spiro atoms. The standard InChI is InChI=1S/C16H23N3OS/c1-4-8-12(3)17-15(20)11-21-16-18-13-9-6-7-10-14(13)19(16)5-2/h6-7,9-10,12H,4-5,8,11H2,1-3H3,(H,17,20)/t12-/m0/s1. The van der Waals surface area contributed by atoms with Crippen molar-refractivity contribution in [3.05, 3.63) is 24.3 Å². The summed E-state index contributed by atoms with van der Waals surface area (Å²) < 4.78 is 2.16. The molecule has 1 aromatic heterocycles. The number of carbonyl (C=O) groups is 1. The van der Waals surface area contributed by atoms with Crippen molar-refractivity contribution in [3.63, 3.8) is 0 Å². The molecule has 0 saturated heterocycles. The number of carbonyl (C=O) groups excluding carboxylic acids is 1. The second-order valence-electron chi connectivity index (χ2n) is 5.17. The number of aryl methyl sites for hydroxylation is 1. The Morgan fingerprint density at radius 2 is 2.14 bits per heavy atom. The molecule has 0 aliphatic heterocycles. The Hall–Kier alpha value is -1.49. The molecule has 0 unspecified atom stereocenters. The van der Waals surface area contributed by atoms with Crippen molar-refractivity contribution in [3.8, 4) is 0 Å². The van der Waals surface area contributed by atoms with E-state index in [0.29, 0.717) is 5.75 Å². The normalized spacial score (nSPS) is 12.5. The Balaban J connectivity index is 2.01. The number of nitrogens with one attached hydrogen (secondary N) is 1. The van der Waals surface area contributed by atoms with E-state index in [9.17, 15) is 4.79 Å². The smallest absolute Gasteiger partial charge is 0.230 e. The van der Waals surface area contributed by atoms with Crippen molar-refractivity contribution in [2.75, 3.05) is 5.75 Å². The topological polar surface area (TPSA) is 46.9 Å². The van der Waals surface area contributed by atoms with Crippen LogP contribution < -0.4 is 5.32 Å². The molecule has 2 rings (SSSR count). The van der Waals surface area contributed by atoms with E-state index in [0.717, 1.165) is 35.6 Å². The van der Waals surface area contributed by atoms with Crippen LogP contribution in [0.25, 0.3) is 11.0 Å². The fourth-order valence-electron chi connectivity index (χ4n) is 2.42. The molecule has 1 atom stereocenters. The number of aromatic nitrogens is 2. The van der Waals surface area contributed by atoms with Gasteiger partial charge in [-0.2, -0.15) is 0 Å². The molecule has 0 aliphatic carbocycles. The molecule has 1 N–H and O–H groups in total. The Bertz CT molecular complexity index is 609. The first kappa shape index (κ1) is 15.9. The summed E-state index contributed by atoms with van der Waals surface area (Å²) >= 11 is 1.51. The van der Waals surface area contributed by atoms with Gasteiger partial charge in [-0.15, -0.1) is 0 Å². The molecular weight excluding hydrogens is 282 g/mol. The first-order valence-corrected chi connectivity index (χ1v) is 8.51. The summed E-state index contributed by atoms with van der Waals surface area (Å²) in [4.78, 5) is 16.6. The number of amides is 1. The van der Waals surface area contributed by atoms with Crippen molar-refractivity contribution in [1.82, 2.24) is 14.9 Å². The van der Waals surface area contributed by atoms with Crippen LogP contribution in [0.5, 0.6) is 0 Å². The quantitative estimate of drug-likeness (QED) is 0.797. The van der Waals surface area contributed by atoms with E-state index in [1.165, 1.54) is 11.8 Å². The molecular formula is C16H23N3OS. The number of para-hydroxylation sites is 2. The minimum absolute atomic E-state index is 0.0793. The zero-order valence-electron chi connectivity index (χ0n) is 12.9. The highest BCUT2D eigenvalue weighted by atomic mass is 32.2. The molecule has 1 amide bonds. The maximum atomic E-state index is 11.9. The van der Waals surface area contributed by atoms with Crippen LogP contribution >= 0.6 is 11.8 Å². The van der Waals surface area contributed by atoms with E-state index in [4.69, 9.17) is 0 Å². The summed E-state index contributed by atoms with van der Waals surface area (Å²) in [6.45, 7) is 7.13. The van der Waals surface area contributed by atoms with Gasteiger partial charge < -0.3 is 9.88 Å². The molecule has 0 bridgehead atoms. The number of fused-ring (bicyclic) bond motifs is 1. The van der Waals surface area contributed by atoms with Gasteiger partial charge in [-0.25, -0.2) is 4.98 Å². The number of hydrogen-bond acceptors (Lipinski definition) is 3. The van der Waals surface area contributed by atoms with Gasteiger partial charge in [0.1, 0.15) is 0 Å². The monoisotopic (exact) mass is 305 g/mol. The number of thioether (sulfide) groups is 1. The highest BCUT2D eigenvalue weighted by Gasteiger charge is 2.12. The highest BCUT2D eigenvalue weighted by molar-refractivity contribution is 7.99.